The second-order valence-electron chi connectivity index (χ2n) is 6.78. The van der Waals surface area contributed by atoms with Gasteiger partial charge in [0.25, 0.3) is 0 Å². The predicted octanol–water partition coefficient (Wildman–Crippen LogP) is 2.05. The van der Waals surface area contributed by atoms with Crippen LogP contribution in [0, 0.1) is 31.7 Å². The fraction of sp³-hybridized carbons (Fsp3) is 0.550. The van der Waals surface area contributed by atoms with Crippen LogP contribution in [0.4, 0.5) is 0 Å². The summed E-state index contributed by atoms with van der Waals surface area (Å²) in [5.74, 6) is 2.07. The van der Waals surface area contributed by atoms with E-state index in [1.165, 1.54) is 41.5 Å². The van der Waals surface area contributed by atoms with Gasteiger partial charge in [-0.25, -0.2) is 0 Å². The first-order valence-electron chi connectivity index (χ1n) is 8.34. The third-order valence-corrected chi connectivity index (χ3v) is 5.57. The van der Waals surface area contributed by atoms with Crippen LogP contribution in [-0.2, 0) is 4.79 Å². The topological polar surface area (TPSA) is 17.1 Å². The zero-order valence-corrected chi connectivity index (χ0v) is 19.2. The first-order valence-corrected chi connectivity index (χ1v) is 8.34. The number of carbonyl (C=O) groups is 1. The molecule has 0 aromatic heterocycles. The van der Waals surface area contributed by atoms with Crippen molar-refractivity contribution in [2.45, 2.75) is 58.8 Å². The molecule has 1 aromatic carbocycles. The zero-order valence-electron chi connectivity index (χ0n) is 14.2. The smallest absolute Gasteiger partial charge is 0.300 e. The molecule has 0 heterocycles. The summed E-state index contributed by atoms with van der Waals surface area (Å²) in [5, 5.41) is 0. The molecule has 0 saturated heterocycles. The molecule has 1 aromatic rings. The Morgan fingerprint density at radius 1 is 1.05 bits per heavy atom. The minimum absolute atomic E-state index is 0. The van der Waals surface area contributed by atoms with E-state index < -0.39 is 0 Å². The van der Waals surface area contributed by atoms with Gasteiger partial charge in [-0.15, -0.1) is 11.1 Å². The van der Waals surface area contributed by atoms with Crippen molar-refractivity contribution in [3.05, 3.63) is 41.0 Å². The predicted molar refractivity (Wildman–Crippen MR) is 87.0 cm³/mol. The van der Waals surface area contributed by atoms with Gasteiger partial charge >= 0.3 is 58.2 Å². The van der Waals surface area contributed by atoms with Crippen LogP contribution in [-0.4, -0.2) is 5.78 Å². The van der Waals surface area contributed by atoms with E-state index in [-0.39, 0.29) is 58.2 Å². The quantitative estimate of drug-likeness (QED) is 0.732. The number of hydrogen-bond donors (Lipinski definition) is 0. The van der Waals surface area contributed by atoms with Gasteiger partial charge in [0.1, 0.15) is 5.78 Å². The molecule has 0 amide bonds. The number of aryl methyl sites for hydroxylation is 1. The Balaban J connectivity index is 0.00000176. The number of ketones is 1. The van der Waals surface area contributed by atoms with E-state index in [1.807, 2.05) is 0 Å². The molecule has 0 N–H and O–H groups in total. The summed E-state index contributed by atoms with van der Waals surface area (Å²) in [7, 11) is 0. The fourth-order valence-corrected chi connectivity index (χ4v) is 3.99. The van der Waals surface area contributed by atoms with Gasteiger partial charge in [-0.3, -0.25) is 4.79 Å². The third-order valence-electron chi connectivity index (χ3n) is 5.57. The number of rotatable bonds is 2. The molecule has 0 aliphatic heterocycles. The van der Waals surface area contributed by atoms with E-state index in [0.717, 1.165) is 37.5 Å². The van der Waals surface area contributed by atoms with Crippen molar-refractivity contribution in [1.29, 1.82) is 0 Å². The summed E-state index contributed by atoms with van der Waals surface area (Å²) < 4.78 is 0. The molecule has 2 aliphatic carbocycles. The van der Waals surface area contributed by atoms with Gasteiger partial charge in [-0.2, -0.15) is 23.8 Å². The van der Waals surface area contributed by atoms with Crippen LogP contribution in [0.15, 0.2) is 18.2 Å². The maximum Gasteiger partial charge on any atom is 1.00 e. The van der Waals surface area contributed by atoms with Gasteiger partial charge in [0, 0.05) is 12.8 Å². The molecule has 2 aliphatic rings. The van der Waals surface area contributed by atoms with E-state index in [9.17, 15) is 4.79 Å². The third kappa shape index (κ3) is 4.29. The summed E-state index contributed by atoms with van der Waals surface area (Å²) in [6, 6.07) is 7.55. The molecular weight excluding hydrogens is 342 g/mol. The van der Waals surface area contributed by atoms with E-state index in [1.54, 1.807) is 0 Å². The molecular formula is C20H25ORb. The van der Waals surface area contributed by atoms with Crippen molar-refractivity contribution in [3.8, 4) is 0 Å². The van der Waals surface area contributed by atoms with E-state index >= 15 is 0 Å². The molecule has 112 valence electrons. The second kappa shape index (κ2) is 8.51. The first-order chi connectivity index (χ1) is 10.1. The largest absolute Gasteiger partial charge is 1.00 e. The molecule has 3 rings (SSSR count). The average molecular weight is 367 g/mol. The summed E-state index contributed by atoms with van der Waals surface area (Å²) in [6.45, 7) is 4.35. The standard InChI is InChI=1S/C20H25O.Rb/c1-14-4-3-5-20(15(14)2)18-8-6-16(7-9-18)17-10-12-19(21)13-11-17;/h3,5,8,16-17H,6-7,9-13H2,1-2H3;/q-1;+1. The zero-order chi connectivity index (χ0) is 14.8. The van der Waals surface area contributed by atoms with Crippen molar-refractivity contribution in [2.75, 3.05) is 0 Å². The molecule has 22 heavy (non-hydrogen) atoms. The first kappa shape index (κ1) is 18.8. The van der Waals surface area contributed by atoms with Crippen LogP contribution in [0.5, 0.6) is 0 Å². The molecule has 1 unspecified atom stereocenters. The van der Waals surface area contributed by atoms with E-state index in [2.05, 4.69) is 38.1 Å². The monoisotopic (exact) mass is 366 g/mol. The maximum absolute atomic E-state index is 11.4. The van der Waals surface area contributed by atoms with Crippen LogP contribution in [0.3, 0.4) is 0 Å². The fourth-order valence-electron chi connectivity index (χ4n) is 3.99. The van der Waals surface area contributed by atoms with Gasteiger partial charge in [-0.1, -0.05) is 25.5 Å². The number of benzene rings is 1. The Morgan fingerprint density at radius 3 is 2.36 bits per heavy atom. The van der Waals surface area contributed by atoms with Crippen molar-refractivity contribution in [1.82, 2.24) is 0 Å². The summed E-state index contributed by atoms with van der Waals surface area (Å²) in [4.78, 5) is 11.4. The second-order valence-corrected chi connectivity index (χ2v) is 6.78. The van der Waals surface area contributed by atoms with Gasteiger partial charge in [0.05, 0.1) is 0 Å². The van der Waals surface area contributed by atoms with Gasteiger partial charge < -0.3 is 0 Å². The summed E-state index contributed by atoms with van der Waals surface area (Å²) in [6.07, 6.45) is 10.1. The summed E-state index contributed by atoms with van der Waals surface area (Å²) >= 11 is 0. The maximum atomic E-state index is 11.4. The molecule has 1 atom stereocenters. The number of Topliss-reactive ketones (excluding diaryl/α,β-unsaturated/α-hetero) is 1. The Labute approximate surface area is 183 Å². The molecule has 0 radical (unpaired) electrons. The Morgan fingerprint density at radius 2 is 1.73 bits per heavy atom. The number of carbonyl (C=O) groups excluding carboxylic acids is 1. The van der Waals surface area contributed by atoms with Crippen LogP contribution < -0.4 is 58.2 Å². The average Bonchev–Trinajstić information content (AvgIpc) is 2.51. The number of hydrogen-bond acceptors (Lipinski definition) is 1. The Kier molecular flexibility index (Phi) is 7.26. The summed E-state index contributed by atoms with van der Waals surface area (Å²) in [5.41, 5.74) is 5.59. The minimum atomic E-state index is 0. The minimum Gasteiger partial charge on any atom is -0.300 e. The van der Waals surface area contributed by atoms with Crippen LogP contribution in [0.2, 0.25) is 0 Å². The van der Waals surface area contributed by atoms with Crippen molar-refractivity contribution in [3.63, 3.8) is 0 Å². The van der Waals surface area contributed by atoms with Crippen LogP contribution >= 0.6 is 0 Å². The SMILES string of the molecule is Cc1[c-]ccc(C2=CCC(C3CCC(=O)CC3)CC2)c1C.[Rb+]. The van der Waals surface area contributed by atoms with Gasteiger partial charge in [0.2, 0.25) is 0 Å². The molecule has 1 saturated carbocycles. The van der Waals surface area contributed by atoms with Crippen LogP contribution in [0.1, 0.15) is 61.6 Å². The van der Waals surface area contributed by atoms with Crippen LogP contribution in [0.25, 0.3) is 5.57 Å². The van der Waals surface area contributed by atoms with Crippen molar-refractivity contribution < 1.29 is 63.0 Å². The van der Waals surface area contributed by atoms with Crippen molar-refractivity contribution in [2.24, 2.45) is 11.8 Å². The molecule has 0 spiro atoms. The van der Waals surface area contributed by atoms with E-state index in [0.29, 0.717) is 5.78 Å². The molecule has 1 nitrogen and oxygen atoms in total. The van der Waals surface area contributed by atoms with E-state index in [4.69, 9.17) is 0 Å². The molecule has 2 heteroatoms. The number of allylic oxidation sites excluding steroid dienone is 2. The molecule has 0 bridgehead atoms. The van der Waals surface area contributed by atoms with Gasteiger partial charge in [-0.05, 0) is 43.9 Å². The Bertz CT molecular complexity index is 563. The van der Waals surface area contributed by atoms with Crippen molar-refractivity contribution >= 4 is 11.4 Å². The molecule has 1 fully saturated rings. The van der Waals surface area contributed by atoms with Gasteiger partial charge in [0.15, 0.2) is 0 Å². The Hall–Kier alpha value is 0.435. The normalized spacial score (nSPS) is 22.9.